The standard InChI is InChI=1S/C16H13ClN2O2/c1-11-5-6-12(17)9-15(11)16(20)19-13-3-2-4-14(10-13)21-8-7-18/h2-6,9-10H,8H2,1H3,(H,19,20). The number of carbonyl (C=O) groups excluding carboxylic acids is 1. The minimum atomic E-state index is -0.243. The van der Waals surface area contributed by atoms with Gasteiger partial charge in [-0.05, 0) is 36.8 Å². The Morgan fingerprint density at radius 2 is 2.14 bits per heavy atom. The summed E-state index contributed by atoms with van der Waals surface area (Å²) in [6, 6.07) is 13.9. The van der Waals surface area contributed by atoms with Gasteiger partial charge in [-0.1, -0.05) is 23.7 Å². The molecule has 0 aromatic heterocycles. The van der Waals surface area contributed by atoms with E-state index in [1.54, 1.807) is 42.5 Å². The summed E-state index contributed by atoms with van der Waals surface area (Å²) in [5.74, 6) is 0.282. The Bertz CT molecular complexity index is 708. The highest BCUT2D eigenvalue weighted by molar-refractivity contribution is 6.31. The summed E-state index contributed by atoms with van der Waals surface area (Å²) in [5.41, 5.74) is 1.95. The minimum absolute atomic E-state index is 0.0369. The lowest BCUT2D eigenvalue weighted by molar-refractivity contribution is 0.102. The molecule has 106 valence electrons. The maximum Gasteiger partial charge on any atom is 0.255 e. The Labute approximate surface area is 127 Å². The van der Waals surface area contributed by atoms with E-state index in [1.165, 1.54) is 0 Å². The van der Waals surface area contributed by atoms with Gasteiger partial charge < -0.3 is 10.1 Å². The second-order valence-electron chi connectivity index (χ2n) is 4.39. The van der Waals surface area contributed by atoms with Crippen LogP contribution in [0.1, 0.15) is 15.9 Å². The first-order valence-corrected chi connectivity index (χ1v) is 6.65. The van der Waals surface area contributed by atoms with Crippen molar-refractivity contribution < 1.29 is 9.53 Å². The molecule has 2 aromatic rings. The van der Waals surface area contributed by atoms with Gasteiger partial charge in [0.1, 0.15) is 11.8 Å². The molecule has 0 atom stereocenters. The predicted molar refractivity (Wildman–Crippen MR) is 81.7 cm³/mol. The number of rotatable bonds is 4. The van der Waals surface area contributed by atoms with E-state index in [0.717, 1.165) is 5.56 Å². The maximum atomic E-state index is 12.2. The maximum absolute atomic E-state index is 12.2. The number of hydrogen-bond acceptors (Lipinski definition) is 3. The van der Waals surface area contributed by atoms with E-state index in [0.29, 0.717) is 22.0 Å². The van der Waals surface area contributed by atoms with Gasteiger partial charge in [0, 0.05) is 22.3 Å². The van der Waals surface area contributed by atoms with Crippen molar-refractivity contribution in [2.75, 3.05) is 11.9 Å². The van der Waals surface area contributed by atoms with Crippen LogP contribution in [0.3, 0.4) is 0 Å². The fourth-order valence-corrected chi connectivity index (χ4v) is 1.99. The number of anilines is 1. The number of hydrogen-bond donors (Lipinski definition) is 1. The van der Waals surface area contributed by atoms with Gasteiger partial charge in [0.2, 0.25) is 0 Å². The van der Waals surface area contributed by atoms with Crippen molar-refractivity contribution in [3.63, 3.8) is 0 Å². The third kappa shape index (κ3) is 3.98. The Kier molecular flexibility index (Phi) is 4.81. The van der Waals surface area contributed by atoms with Crippen molar-refractivity contribution in [3.05, 3.63) is 58.6 Å². The number of carbonyl (C=O) groups is 1. The number of nitrogens with zero attached hydrogens (tertiary/aromatic N) is 1. The molecular weight excluding hydrogens is 288 g/mol. The van der Waals surface area contributed by atoms with Crippen LogP contribution in [0.15, 0.2) is 42.5 Å². The molecular formula is C16H13ClN2O2. The quantitative estimate of drug-likeness (QED) is 0.934. The smallest absolute Gasteiger partial charge is 0.255 e. The van der Waals surface area contributed by atoms with E-state index in [9.17, 15) is 4.79 Å². The molecule has 0 aliphatic heterocycles. The Balaban J connectivity index is 2.16. The Hall–Kier alpha value is -2.51. The van der Waals surface area contributed by atoms with Gasteiger partial charge in [-0.2, -0.15) is 5.26 Å². The van der Waals surface area contributed by atoms with Gasteiger partial charge in [-0.15, -0.1) is 0 Å². The summed E-state index contributed by atoms with van der Waals surface area (Å²) >= 11 is 5.92. The van der Waals surface area contributed by atoms with Crippen molar-refractivity contribution in [2.45, 2.75) is 6.92 Å². The lowest BCUT2D eigenvalue weighted by atomic mass is 10.1. The molecule has 4 nitrogen and oxygen atoms in total. The summed E-state index contributed by atoms with van der Waals surface area (Å²) in [5, 5.41) is 11.8. The first-order valence-electron chi connectivity index (χ1n) is 6.27. The zero-order valence-corrected chi connectivity index (χ0v) is 12.1. The van der Waals surface area contributed by atoms with Gasteiger partial charge in [-0.3, -0.25) is 4.79 Å². The number of amides is 1. The van der Waals surface area contributed by atoms with Crippen LogP contribution in [0, 0.1) is 18.3 Å². The topological polar surface area (TPSA) is 62.1 Å². The van der Waals surface area contributed by atoms with Crippen LogP contribution < -0.4 is 10.1 Å². The third-order valence-electron chi connectivity index (χ3n) is 2.84. The molecule has 1 N–H and O–H groups in total. The van der Waals surface area contributed by atoms with Crippen LogP contribution in [-0.4, -0.2) is 12.5 Å². The largest absolute Gasteiger partial charge is 0.479 e. The van der Waals surface area contributed by atoms with E-state index in [1.807, 2.05) is 13.0 Å². The lowest BCUT2D eigenvalue weighted by Crippen LogP contribution is -2.13. The van der Waals surface area contributed by atoms with Gasteiger partial charge >= 0.3 is 0 Å². The van der Waals surface area contributed by atoms with Crippen LogP contribution in [0.25, 0.3) is 0 Å². The molecule has 0 saturated carbocycles. The van der Waals surface area contributed by atoms with Crippen LogP contribution in [0.5, 0.6) is 5.75 Å². The first-order chi connectivity index (χ1) is 10.1. The molecule has 0 bridgehead atoms. The van der Waals surface area contributed by atoms with E-state index < -0.39 is 0 Å². The molecule has 0 aliphatic carbocycles. The number of halogens is 1. The first kappa shape index (κ1) is 14.9. The highest BCUT2D eigenvalue weighted by atomic mass is 35.5. The highest BCUT2D eigenvalue weighted by Crippen LogP contribution is 2.20. The second-order valence-corrected chi connectivity index (χ2v) is 4.82. The number of aryl methyl sites for hydroxylation is 1. The van der Waals surface area contributed by atoms with Crippen molar-refractivity contribution >= 4 is 23.2 Å². The average Bonchev–Trinajstić information content (AvgIpc) is 2.48. The molecule has 0 fully saturated rings. The van der Waals surface area contributed by atoms with Gasteiger partial charge in [0.15, 0.2) is 6.61 Å². The molecule has 0 spiro atoms. The molecule has 0 radical (unpaired) electrons. The predicted octanol–water partition coefficient (Wildman–Crippen LogP) is 3.80. The number of ether oxygens (including phenoxy) is 1. The molecule has 0 saturated heterocycles. The molecule has 2 rings (SSSR count). The summed E-state index contributed by atoms with van der Waals surface area (Å²) in [6.07, 6.45) is 0. The average molecular weight is 301 g/mol. The molecule has 2 aromatic carbocycles. The fraction of sp³-hybridized carbons (Fsp3) is 0.125. The monoisotopic (exact) mass is 300 g/mol. The van der Waals surface area contributed by atoms with Crippen LogP contribution in [0.4, 0.5) is 5.69 Å². The molecule has 1 amide bonds. The van der Waals surface area contributed by atoms with Gasteiger partial charge in [-0.25, -0.2) is 0 Å². The van der Waals surface area contributed by atoms with Crippen molar-refractivity contribution in [2.24, 2.45) is 0 Å². The van der Waals surface area contributed by atoms with E-state index in [4.69, 9.17) is 21.6 Å². The molecule has 0 heterocycles. The zero-order chi connectivity index (χ0) is 15.2. The van der Waals surface area contributed by atoms with Crippen LogP contribution >= 0.6 is 11.6 Å². The molecule has 0 aliphatic rings. The summed E-state index contributed by atoms with van der Waals surface area (Å²) in [4.78, 5) is 12.2. The van der Waals surface area contributed by atoms with Crippen LogP contribution in [-0.2, 0) is 0 Å². The second kappa shape index (κ2) is 6.78. The van der Waals surface area contributed by atoms with Gasteiger partial charge in [0.05, 0.1) is 0 Å². The number of nitriles is 1. The van der Waals surface area contributed by atoms with Gasteiger partial charge in [0.25, 0.3) is 5.91 Å². The number of benzene rings is 2. The summed E-state index contributed by atoms with van der Waals surface area (Å²) in [7, 11) is 0. The minimum Gasteiger partial charge on any atom is -0.479 e. The van der Waals surface area contributed by atoms with Crippen molar-refractivity contribution in [1.82, 2.24) is 0 Å². The fourth-order valence-electron chi connectivity index (χ4n) is 1.82. The third-order valence-corrected chi connectivity index (χ3v) is 3.07. The van der Waals surface area contributed by atoms with Crippen LogP contribution in [0.2, 0.25) is 5.02 Å². The Morgan fingerprint density at radius 3 is 2.90 bits per heavy atom. The van der Waals surface area contributed by atoms with E-state index in [-0.39, 0.29) is 12.5 Å². The lowest BCUT2D eigenvalue weighted by Gasteiger charge is -2.09. The Morgan fingerprint density at radius 1 is 1.33 bits per heavy atom. The normalized spacial score (nSPS) is 9.76. The molecule has 21 heavy (non-hydrogen) atoms. The summed E-state index contributed by atoms with van der Waals surface area (Å²) < 4.78 is 5.19. The summed E-state index contributed by atoms with van der Waals surface area (Å²) in [6.45, 7) is 1.81. The van der Waals surface area contributed by atoms with E-state index in [2.05, 4.69) is 5.32 Å². The molecule has 5 heteroatoms. The molecule has 0 unspecified atom stereocenters. The SMILES string of the molecule is Cc1ccc(Cl)cc1C(=O)Nc1cccc(OCC#N)c1. The zero-order valence-electron chi connectivity index (χ0n) is 11.4. The van der Waals surface area contributed by atoms with E-state index >= 15 is 0 Å². The van der Waals surface area contributed by atoms with Crippen molar-refractivity contribution in [1.29, 1.82) is 5.26 Å². The number of nitrogens with one attached hydrogen (secondary N) is 1. The highest BCUT2D eigenvalue weighted by Gasteiger charge is 2.10. The van der Waals surface area contributed by atoms with Crippen molar-refractivity contribution in [3.8, 4) is 11.8 Å².